The van der Waals surface area contributed by atoms with E-state index in [4.69, 9.17) is 10.2 Å². The fraction of sp³-hybridized carbons (Fsp3) is 0.200. The summed E-state index contributed by atoms with van der Waals surface area (Å²) < 4.78 is 6.55. The lowest BCUT2D eigenvalue weighted by Crippen LogP contribution is -2.04. The zero-order valence-electron chi connectivity index (χ0n) is 11.8. The van der Waals surface area contributed by atoms with E-state index in [9.17, 15) is 0 Å². The molecular weight excluding hydrogens is 332 g/mol. The molecule has 3 N–H and O–H groups in total. The Morgan fingerprint density at radius 1 is 1.33 bits per heavy atom. The van der Waals surface area contributed by atoms with Gasteiger partial charge in [0.05, 0.1) is 35.3 Å². The molecule has 0 spiro atoms. The molecule has 2 aromatic heterocycles. The highest BCUT2D eigenvalue weighted by molar-refractivity contribution is 9.10. The summed E-state index contributed by atoms with van der Waals surface area (Å²) in [7, 11) is 0. The molecule has 21 heavy (non-hydrogen) atoms. The van der Waals surface area contributed by atoms with E-state index in [1.54, 1.807) is 6.20 Å². The lowest BCUT2D eigenvalue weighted by molar-refractivity contribution is 0.478. The molecule has 0 amide bonds. The topological polar surface area (TPSA) is 77.0 Å². The number of nitrogen functional groups attached to an aromatic ring is 1. The van der Waals surface area contributed by atoms with Crippen molar-refractivity contribution in [2.75, 3.05) is 11.1 Å². The number of halogens is 1. The Morgan fingerprint density at radius 3 is 2.86 bits per heavy atom. The third-order valence-electron chi connectivity index (χ3n) is 3.35. The normalized spacial score (nSPS) is 11.0. The fourth-order valence-electron chi connectivity index (χ4n) is 2.16. The zero-order chi connectivity index (χ0) is 15.0. The molecule has 0 unspecified atom stereocenters. The number of aromatic nitrogens is 2. The molecule has 3 aromatic rings. The molecule has 1 aromatic carbocycles. The highest BCUT2D eigenvalue weighted by Gasteiger charge is 2.10. The number of anilines is 2. The number of aryl methyl sites for hydroxylation is 2. The van der Waals surface area contributed by atoms with Gasteiger partial charge in [-0.1, -0.05) is 15.9 Å². The molecule has 0 radical (unpaired) electrons. The van der Waals surface area contributed by atoms with E-state index in [1.807, 2.05) is 32.0 Å². The minimum absolute atomic E-state index is 0.477. The van der Waals surface area contributed by atoms with Crippen LogP contribution in [0.4, 0.5) is 11.4 Å². The van der Waals surface area contributed by atoms with Crippen LogP contribution in [0.5, 0.6) is 0 Å². The number of nitrogens with two attached hydrogens (primary N) is 1. The Hall–Kier alpha value is -2.08. The maximum atomic E-state index is 6.04. The number of fused-ring (bicyclic) bond motifs is 1. The van der Waals surface area contributed by atoms with Crippen molar-refractivity contribution >= 4 is 38.2 Å². The fourth-order valence-corrected chi connectivity index (χ4v) is 2.52. The van der Waals surface area contributed by atoms with E-state index < -0.39 is 0 Å². The maximum Gasteiger partial charge on any atom is 0.213 e. The minimum atomic E-state index is 0.477. The molecule has 108 valence electrons. The third-order valence-corrected chi connectivity index (χ3v) is 3.84. The number of oxazole rings is 1. The van der Waals surface area contributed by atoms with Crippen LogP contribution in [0.3, 0.4) is 0 Å². The predicted molar refractivity (Wildman–Crippen MR) is 87.2 cm³/mol. The minimum Gasteiger partial charge on any atom is -0.444 e. The quantitative estimate of drug-likeness (QED) is 0.754. The van der Waals surface area contributed by atoms with Crippen LogP contribution >= 0.6 is 15.9 Å². The summed E-state index contributed by atoms with van der Waals surface area (Å²) in [4.78, 5) is 8.69. The lowest BCUT2D eigenvalue weighted by Gasteiger charge is -2.11. The second kappa shape index (κ2) is 5.37. The molecule has 6 heteroatoms. The largest absolute Gasteiger partial charge is 0.444 e. The van der Waals surface area contributed by atoms with Crippen molar-refractivity contribution < 1.29 is 4.42 Å². The third kappa shape index (κ3) is 2.71. The average molecular weight is 347 g/mol. The van der Waals surface area contributed by atoms with E-state index in [0.29, 0.717) is 18.1 Å². The summed E-state index contributed by atoms with van der Waals surface area (Å²) in [5, 5.41) is 4.26. The van der Waals surface area contributed by atoms with Gasteiger partial charge in [-0.3, -0.25) is 4.98 Å². The Labute approximate surface area is 130 Å². The van der Waals surface area contributed by atoms with Gasteiger partial charge in [0.15, 0.2) is 0 Å². The molecule has 5 nitrogen and oxygen atoms in total. The van der Waals surface area contributed by atoms with Gasteiger partial charge in [0.25, 0.3) is 0 Å². The summed E-state index contributed by atoms with van der Waals surface area (Å²) in [6.45, 7) is 4.30. The van der Waals surface area contributed by atoms with E-state index in [0.717, 1.165) is 32.5 Å². The predicted octanol–water partition coefficient (Wildman–Crippen LogP) is 3.80. The molecular formula is C15H15BrN4O. The van der Waals surface area contributed by atoms with Crippen LogP contribution in [0.1, 0.15) is 17.3 Å². The summed E-state index contributed by atoms with van der Waals surface area (Å²) >= 11 is 3.47. The smallest absolute Gasteiger partial charge is 0.213 e. The number of nitrogens with one attached hydrogen (secondary N) is 1. The van der Waals surface area contributed by atoms with Crippen molar-refractivity contribution in [2.24, 2.45) is 0 Å². The summed E-state index contributed by atoms with van der Waals surface area (Å²) in [5.41, 5.74) is 9.27. The van der Waals surface area contributed by atoms with E-state index in [2.05, 4.69) is 31.2 Å². The monoisotopic (exact) mass is 346 g/mol. The number of hydrogen-bond acceptors (Lipinski definition) is 5. The van der Waals surface area contributed by atoms with Crippen molar-refractivity contribution in [1.29, 1.82) is 0 Å². The molecule has 0 aliphatic heterocycles. The first-order valence-corrected chi connectivity index (χ1v) is 7.34. The van der Waals surface area contributed by atoms with Crippen molar-refractivity contribution in [3.8, 4) is 0 Å². The number of pyridine rings is 1. The zero-order valence-corrected chi connectivity index (χ0v) is 13.4. The van der Waals surface area contributed by atoms with Gasteiger partial charge >= 0.3 is 0 Å². The Kier molecular flexibility index (Phi) is 3.55. The number of hydrogen-bond donors (Lipinski definition) is 2. The van der Waals surface area contributed by atoms with Gasteiger partial charge in [-0.2, -0.15) is 0 Å². The Morgan fingerprint density at radius 2 is 2.14 bits per heavy atom. The Bertz CT molecular complexity index is 788. The molecule has 0 fully saturated rings. The highest BCUT2D eigenvalue weighted by atomic mass is 79.9. The number of benzene rings is 1. The first-order chi connectivity index (χ1) is 10.0. The molecule has 0 saturated heterocycles. The van der Waals surface area contributed by atoms with Gasteiger partial charge in [-0.15, -0.1) is 0 Å². The average Bonchev–Trinajstić information content (AvgIpc) is 2.76. The van der Waals surface area contributed by atoms with E-state index in [1.165, 1.54) is 0 Å². The van der Waals surface area contributed by atoms with Crippen LogP contribution in [0, 0.1) is 13.8 Å². The van der Waals surface area contributed by atoms with Gasteiger partial charge < -0.3 is 15.5 Å². The molecule has 3 rings (SSSR count). The summed E-state index contributed by atoms with van der Waals surface area (Å²) in [6, 6.07) is 5.90. The van der Waals surface area contributed by atoms with Crippen LogP contribution in [0.15, 0.2) is 33.3 Å². The van der Waals surface area contributed by atoms with Crippen molar-refractivity contribution in [3.63, 3.8) is 0 Å². The van der Waals surface area contributed by atoms with Crippen LogP contribution < -0.4 is 11.1 Å². The SMILES string of the molecule is Cc1nc(CNc2c(N)cnc3ccc(Br)cc23)oc1C. The first-order valence-electron chi connectivity index (χ1n) is 6.55. The first kappa shape index (κ1) is 13.9. The summed E-state index contributed by atoms with van der Waals surface area (Å²) in [6.07, 6.45) is 1.66. The van der Waals surface area contributed by atoms with Gasteiger partial charge in [0.1, 0.15) is 5.76 Å². The van der Waals surface area contributed by atoms with Crippen LogP contribution in [0.2, 0.25) is 0 Å². The second-order valence-corrected chi connectivity index (χ2v) is 5.77. The van der Waals surface area contributed by atoms with Crippen LogP contribution in [-0.2, 0) is 6.54 Å². The molecule has 2 heterocycles. The van der Waals surface area contributed by atoms with Crippen molar-refractivity contribution in [1.82, 2.24) is 9.97 Å². The highest BCUT2D eigenvalue weighted by Crippen LogP contribution is 2.30. The van der Waals surface area contributed by atoms with Gasteiger partial charge in [0.2, 0.25) is 5.89 Å². The number of nitrogens with zero attached hydrogens (tertiary/aromatic N) is 2. The van der Waals surface area contributed by atoms with Gasteiger partial charge in [-0.05, 0) is 32.0 Å². The Balaban J connectivity index is 1.95. The molecule has 0 aliphatic carbocycles. The van der Waals surface area contributed by atoms with Gasteiger partial charge in [0, 0.05) is 9.86 Å². The summed E-state index contributed by atoms with van der Waals surface area (Å²) in [5.74, 6) is 1.48. The molecule has 0 atom stereocenters. The van der Waals surface area contributed by atoms with Crippen LogP contribution in [-0.4, -0.2) is 9.97 Å². The van der Waals surface area contributed by atoms with Gasteiger partial charge in [-0.25, -0.2) is 4.98 Å². The van der Waals surface area contributed by atoms with E-state index in [-0.39, 0.29) is 0 Å². The van der Waals surface area contributed by atoms with Crippen molar-refractivity contribution in [3.05, 3.63) is 46.2 Å². The van der Waals surface area contributed by atoms with Crippen molar-refractivity contribution in [2.45, 2.75) is 20.4 Å². The molecule has 0 bridgehead atoms. The molecule has 0 saturated carbocycles. The number of rotatable bonds is 3. The van der Waals surface area contributed by atoms with Crippen LogP contribution in [0.25, 0.3) is 10.9 Å². The van der Waals surface area contributed by atoms with E-state index >= 15 is 0 Å². The second-order valence-electron chi connectivity index (χ2n) is 4.85. The maximum absolute atomic E-state index is 6.04. The molecule has 0 aliphatic rings. The standard InChI is InChI=1S/C15H15BrN4O/c1-8-9(2)21-14(20-8)7-19-15-11-5-10(16)3-4-13(11)18-6-12(15)17/h3-6H,7,17H2,1-2H3,(H,18,19). The lowest BCUT2D eigenvalue weighted by atomic mass is 10.1.